The summed E-state index contributed by atoms with van der Waals surface area (Å²) in [5.41, 5.74) is 1.39. The molecule has 0 aliphatic rings. The highest BCUT2D eigenvalue weighted by Crippen LogP contribution is 2.28. The molecule has 0 radical (unpaired) electrons. The number of ether oxygens (including phenoxy) is 1. The normalized spacial score (nSPS) is 12.9. The van der Waals surface area contributed by atoms with Gasteiger partial charge in [-0.1, -0.05) is 194 Å². The first-order valence-electron chi connectivity index (χ1n) is 19.4. The molecule has 0 saturated heterocycles. The van der Waals surface area contributed by atoms with Crippen molar-refractivity contribution in [3.8, 4) is 0 Å². The lowest BCUT2D eigenvalue weighted by Crippen LogP contribution is -2.27. The van der Waals surface area contributed by atoms with Gasteiger partial charge in [0, 0.05) is 6.42 Å². The summed E-state index contributed by atoms with van der Waals surface area (Å²) >= 11 is 0. The van der Waals surface area contributed by atoms with Crippen LogP contribution >= 0.6 is 0 Å². The Morgan fingerprint density at radius 3 is 1.26 bits per heavy atom. The van der Waals surface area contributed by atoms with Crippen LogP contribution in [0.1, 0.15) is 227 Å². The fourth-order valence-electron chi connectivity index (χ4n) is 6.44. The number of allylic oxidation sites excluding steroid dienone is 1. The van der Waals surface area contributed by atoms with Gasteiger partial charge in [0.1, 0.15) is 6.10 Å². The fourth-order valence-corrected chi connectivity index (χ4v) is 6.44. The van der Waals surface area contributed by atoms with Crippen LogP contribution in [0.15, 0.2) is 12.2 Å². The molecular weight excluding hydrogens is 512 g/mol. The van der Waals surface area contributed by atoms with Crippen LogP contribution in [-0.4, -0.2) is 12.1 Å². The third-order valence-corrected chi connectivity index (χ3v) is 9.31. The van der Waals surface area contributed by atoms with E-state index in [1.54, 1.807) is 0 Å². The van der Waals surface area contributed by atoms with Crippen molar-refractivity contribution in [2.24, 2.45) is 5.92 Å². The van der Waals surface area contributed by atoms with E-state index in [1.807, 2.05) is 0 Å². The monoisotopic (exact) mass is 591 g/mol. The van der Waals surface area contributed by atoms with Crippen LogP contribution < -0.4 is 0 Å². The molecule has 0 aliphatic heterocycles. The van der Waals surface area contributed by atoms with E-state index in [4.69, 9.17) is 4.74 Å². The molecule has 2 nitrogen and oxygen atoms in total. The molecule has 0 amide bonds. The van der Waals surface area contributed by atoms with E-state index in [1.165, 1.54) is 166 Å². The minimum Gasteiger partial charge on any atom is -0.462 e. The molecule has 0 aliphatic carbocycles. The number of carbonyl (C=O) groups is 1. The second-order valence-corrected chi connectivity index (χ2v) is 13.6. The van der Waals surface area contributed by atoms with Gasteiger partial charge in [0.25, 0.3) is 0 Å². The van der Waals surface area contributed by atoms with Crippen molar-refractivity contribution >= 4 is 5.97 Å². The predicted molar refractivity (Wildman–Crippen MR) is 188 cm³/mol. The first-order valence-corrected chi connectivity index (χ1v) is 19.4. The molecule has 0 aromatic rings. The molecule has 0 aromatic heterocycles. The van der Waals surface area contributed by atoms with E-state index in [0.29, 0.717) is 12.3 Å². The highest BCUT2D eigenvalue weighted by Gasteiger charge is 2.24. The zero-order valence-corrected chi connectivity index (χ0v) is 29.6. The van der Waals surface area contributed by atoms with E-state index in [9.17, 15) is 4.79 Å². The Kier molecular flexibility index (Phi) is 32.5. The Bertz CT molecular complexity index is 568. The molecule has 0 rings (SSSR count). The fraction of sp³-hybridized carbons (Fsp3) is 0.925. The standard InChI is InChI=1S/C40H78O2/c1-6-10-13-16-19-22-24-27-30-33-37(5)36-38(34-31-28-25-21-18-15-12-8-3)39(9-4)42-40(41)35-32-29-26-23-20-17-14-11-7-2/h38-39H,5-36H2,1-4H3. The molecular formula is C40H78O2. The molecule has 0 aromatic carbocycles. The van der Waals surface area contributed by atoms with Gasteiger partial charge >= 0.3 is 5.97 Å². The maximum absolute atomic E-state index is 12.8. The Labute approximate surface area is 266 Å². The zero-order valence-electron chi connectivity index (χ0n) is 29.6. The van der Waals surface area contributed by atoms with Gasteiger partial charge in [-0.3, -0.25) is 4.79 Å². The molecule has 2 unspecified atom stereocenters. The number of hydrogen-bond acceptors (Lipinski definition) is 2. The van der Waals surface area contributed by atoms with Crippen molar-refractivity contribution in [2.75, 3.05) is 0 Å². The summed E-state index contributed by atoms with van der Waals surface area (Å²) in [5.74, 6) is 0.475. The van der Waals surface area contributed by atoms with Gasteiger partial charge in [-0.15, -0.1) is 0 Å². The van der Waals surface area contributed by atoms with Gasteiger partial charge in [-0.25, -0.2) is 0 Å². The first kappa shape index (κ1) is 41.2. The van der Waals surface area contributed by atoms with E-state index >= 15 is 0 Å². The molecule has 0 N–H and O–H groups in total. The lowest BCUT2D eigenvalue weighted by molar-refractivity contribution is -0.152. The third-order valence-electron chi connectivity index (χ3n) is 9.31. The first-order chi connectivity index (χ1) is 20.6. The van der Waals surface area contributed by atoms with Crippen LogP contribution in [0.2, 0.25) is 0 Å². The quantitative estimate of drug-likeness (QED) is 0.0423. The number of hydrogen-bond donors (Lipinski definition) is 0. The van der Waals surface area contributed by atoms with E-state index in [0.717, 1.165) is 32.1 Å². The molecule has 0 heterocycles. The van der Waals surface area contributed by atoms with Crippen molar-refractivity contribution in [3.63, 3.8) is 0 Å². The Morgan fingerprint density at radius 1 is 0.500 bits per heavy atom. The van der Waals surface area contributed by atoms with Gasteiger partial charge in [0.15, 0.2) is 0 Å². The van der Waals surface area contributed by atoms with Crippen LogP contribution in [0, 0.1) is 5.92 Å². The molecule has 250 valence electrons. The van der Waals surface area contributed by atoms with Crippen LogP contribution in [0.5, 0.6) is 0 Å². The highest BCUT2D eigenvalue weighted by molar-refractivity contribution is 5.69. The van der Waals surface area contributed by atoms with Gasteiger partial charge in [0.05, 0.1) is 0 Å². The maximum atomic E-state index is 12.8. The van der Waals surface area contributed by atoms with Crippen LogP contribution in [0.4, 0.5) is 0 Å². The zero-order chi connectivity index (χ0) is 30.9. The minimum atomic E-state index is 0.0373. The van der Waals surface area contributed by atoms with Crippen molar-refractivity contribution in [2.45, 2.75) is 233 Å². The highest BCUT2D eigenvalue weighted by atomic mass is 16.5. The van der Waals surface area contributed by atoms with Gasteiger partial charge in [-0.2, -0.15) is 0 Å². The lowest BCUT2D eigenvalue weighted by atomic mass is 9.86. The van der Waals surface area contributed by atoms with E-state index in [-0.39, 0.29) is 12.1 Å². The Morgan fingerprint density at radius 2 is 0.857 bits per heavy atom. The molecule has 42 heavy (non-hydrogen) atoms. The summed E-state index contributed by atoms with van der Waals surface area (Å²) in [4.78, 5) is 12.8. The summed E-state index contributed by atoms with van der Waals surface area (Å²) in [6, 6.07) is 0. The predicted octanol–water partition coefficient (Wildman–Crippen LogP) is 14.2. The second kappa shape index (κ2) is 33.1. The average Bonchev–Trinajstić information content (AvgIpc) is 2.99. The van der Waals surface area contributed by atoms with E-state index in [2.05, 4.69) is 34.3 Å². The molecule has 0 bridgehead atoms. The Hall–Kier alpha value is -0.790. The molecule has 2 heteroatoms. The average molecular weight is 591 g/mol. The van der Waals surface area contributed by atoms with Crippen LogP contribution in [0.3, 0.4) is 0 Å². The smallest absolute Gasteiger partial charge is 0.306 e. The topological polar surface area (TPSA) is 26.3 Å². The summed E-state index contributed by atoms with van der Waals surface area (Å²) in [5, 5.41) is 0. The van der Waals surface area contributed by atoms with Crippen molar-refractivity contribution in [1.82, 2.24) is 0 Å². The van der Waals surface area contributed by atoms with E-state index < -0.39 is 0 Å². The lowest BCUT2D eigenvalue weighted by Gasteiger charge is -2.27. The van der Waals surface area contributed by atoms with Gasteiger partial charge < -0.3 is 4.74 Å². The number of esters is 1. The molecule has 0 fully saturated rings. The van der Waals surface area contributed by atoms with Crippen molar-refractivity contribution in [1.29, 1.82) is 0 Å². The van der Waals surface area contributed by atoms with Crippen molar-refractivity contribution < 1.29 is 9.53 Å². The third kappa shape index (κ3) is 28.0. The van der Waals surface area contributed by atoms with Gasteiger partial charge in [-0.05, 0) is 44.4 Å². The second-order valence-electron chi connectivity index (χ2n) is 13.6. The largest absolute Gasteiger partial charge is 0.462 e. The Balaban J connectivity index is 4.50. The number of unbranched alkanes of at least 4 members (excludes halogenated alkanes) is 23. The summed E-state index contributed by atoms with van der Waals surface area (Å²) < 4.78 is 6.17. The molecule has 2 atom stereocenters. The summed E-state index contributed by atoms with van der Waals surface area (Å²) in [6.07, 6.45) is 39.6. The summed E-state index contributed by atoms with van der Waals surface area (Å²) in [6.45, 7) is 13.6. The minimum absolute atomic E-state index is 0.0373. The summed E-state index contributed by atoms with van der Waals surface area (Å²) in [7, 11) is 0. The number of carbonyl (C=O) groups excluding carboxylic acids is 1. The molecule has 0 saturated carbocycles. The SMILES string of the molecule is C=C(CCCCCCCCCCC)CC(CCCCCCCCCC)C(CC)OC(=O)CCCCCCCCCCC. The van der Waals surface area contributed by atoms with Crippen molar-refractivity contribution in [3.05, 3.63) is 12.2 Å². The maximum Gasteiger partial charge on any atom is 0.306 e. The molecule has 0 spiro atoms. The van der Waals surface area contributed by atoms with Crippen LogP contribution in [0.25, 0.3) is 0 Å². The van der Waals surface area contributed by atoms with Gasteiger partial charge in [0.2, 0.25) is 0 Å². The van der Waals surface area contributed by atoms with Crippen LogP contribution in [-0.2, 0) is 9.53 Å². The number of rotatable bonds is 34.